The van der Waals surface area contributed by atoms with E-state index in [1.165, 1.54) is 60.0 Å². The number of sulfonamides is 1. The zero-order valence-electron chi connectivity index (χ0n) is 23.1. The number of nitrogens with two attached hydrogens (primary N) is 1. The van der Waals surface area contributed by atoms with Crippen LogP contribution < -0.4 is 16.0 Å². The van der Waals surface area contributed by atoms with E-state index in [-0.39, 0.29) is 10.9 Å². The number of aromatic nitrogens is 2. The number of fused-ring (bicyclic) bond motifs is 2. The van der Waals surface area contributed by atoms with Gasteiger partial charge in [-0.25, -0.2) is 17.7 Å². The highest BCUT2D eigenvalue weighted by atomic mass is 32.2. The van der Waals surface area contributed by atoms with Crippen molar-refractivity contribution in [2.45, 2.75) is 49.5 Å². The highest BCUT2D eigenvalue weighted by molar-refractivity contribution is 7.89. The fourth-order valence-corrected chi connectivity index (χ4v) is 6.76. The number of hydrogen-bond acceptors (Lipinski definition) is 7. The number of nitrogens with one attached hydrogen (secondary N) is 1. The summed E-state index contributed by atoms with van der Waals surface area (Å²) in [5, 5.41) is 4.50. The first-order valence-corrected chi connectivity index (χ1v) is 15.5. The van der Waals surface area contributed by atoms with Crippen LogP contribution in [0.1, 0.15) is 36.9 Å². The van der Waals surface area contributed by atoms with Gasteiger partial charge in [0.15, 0.2) is 0 Å². The number of hydrogen-bond donors (Lipinski definition) is 2. The van der Waals surface area contributed by atoms with Crippen LogP contribution in [0, 0.1) is 0 Å². The molecule has 2 aromatic carbocycles. The van der Waals surface area contributed by atoms with Crippen LogP contribution in [0.4, 0.5) is 17.2 Å². The van der Waals surface area contributed by atoms with Gasteiger partial charge < -0.3 is 16.0 Å². The number of rotatable bonds is 6. The number of anilines is 3. The van der Waals surface area contributed by atoms with Gasteiger partial charge in [0.1, 0.15) is 5.82 Å². The molecule has 0 unspecified atom stereocenters. The molecule has 40 heavy (non-hydrogen) atoms. The highest BCUT2D eigenvalue weighted by Crippen LogP contribution is 2.39. The lowest BCUT2D eigenvalue weighted by Gasteiger charge is -2.25. The zero-order chi connectivity index (χ0) is 27.9. The number of nitrogens with zero attached hydrogens (tertiary/aromatic N) is 4. The predicted molar refractivity (Wildman–Crippen MR) is 162 cm³/mol. The summed E-state index contributed by atoms with van der Waals surface area (Å²) in [6.07, 6.45) is 8.57. The monoisotopic (exact) mass is 556 g/mol. The van der Waals surface area contributed by atoms with E-state index in [0.717, 1.165) is 54.7 Å². The van der Waals surface area contributed by atoms with Crippen molar-refractivity contribution in [2.24, 2.45) is 5.73 Å². The van der Waals surface area contributed by atoms with E-state index in [2.05, 4.69) is 33.4 Å². The molecule has 208 valence electrons. The molecule has 1 fully saturated rings. The van der Waals surface area contributed by atoms with E-state index < -0.39 is 10.0 Å². The summed E-state index contributed by atoms with van der Waals surface area (Å²) in [7, 11) is -0.420. The summed E-state index contributed by atoms with van der Waals surface area (Å²) >= 11 is 0. The second kappa shape index (κ2) is 10.8. The van der Waals surface area contributed by atoms with E-state index in [1.54, 1.807) is 30.5 Å². The van der Waals surface area contributed by atoms with Crippen LogP contribution in [-0.4, -0.2) is 55.9 Å². The summed E-state index contributed by atoms with van der Waals surface area (Å²) in [5.74, 6) is 0.687. The molecule has 0 bridgehead atoms. The lowest BCUT2D eigenvalue weighted by atomic mass is 9.97. The van der Waals surface area contributed by atoms with Gasteiger partial charge in [-0.05, 0) is 97.3 Å². The van der Waals surface area contributed by atoms with Gasteiger partial charge in [-0.3, -0.25) is 4.98 Å². The summed E-state index contributed by atoms with van der Waals surface area (Å²) in [4.78, 5) is 12.4. The molecular weight excluding hydrogens is 520 g/mol. The first-order valence-electron chi connectivity index (χ1n) is 14.0. The van der Waals surface area contributed by atoms with E-state index >= 15 is 0 Å². The molecule has 6 rings (SSSR count). The average molecular weight is 557 g/mol. The Hall–Kier alpha value is -3.53. The standard InChI is InChI=1S/C31H36N6O2S/c1-36(2)40(38,39)25-11-9-24(10-12-25)34-30-19-22(14-16-33-30)21-8-13-29-27(18-21)31(37-17-15-23(32)20-37)26-6-4-3-5-7-28(26)35-29/h8-14,16,18-19,23H,3-7,15,17,20,32H2,1-2H3,(H,33,34)/t23-/m0/s1. The molecule has 1 aliphatic heterocycles. The molecule has 9 heteroatoms. The van der Waals surface area contributed by atoms with Crippen molar-refractivity contribution in [1.82, 2.24) is 14.3 Å². The third-order valence-corrected chi connectivity index (χ3v) is 9.85. The minimum Gasteiger partial charge on any atom is -0.369 e. The fraction of sp³-hybridized carbons (Fsp3) is 0.355. The Labute approximate surface area is 236 Å². The van der Waals surface area contributed by atoms with Crippen LogP contribution >= 0.6 is 0 Å². The first kappa shape index (κ1) is 26.7. The molecule has 1 saturated heterocycles. The Bertz CT molecular complexity index is 1650. The van der Waals surface area contributed by atoms with Gasteiger partial charge in [0.05, 0.1) is 16.1 Å². The van der Waals surface area contributed by atoms with Crippen LogP contribution in [0.2, 0.25) is 0 Å². The topological polar surface area (TPSA) is 104 Å². The summed E-state index contributed by atoms with van der Waals surface area (Å²) in [6, 6.07) is 17.5. The van der Waals surface area contributed by atoms with Gasteiger partial charge in [-0.1, -0.05) is 12.5 Å². The second-order valence-electron chi connectivity index (χ2n) is 11.0. The third-order valence-electron chi connectivity index (χ3n) is 8.02. The minimum atomic E-state index is -3.47. The summed E-state index contributed by atoms with van der Waals surface area (Å²) < 4.78 is 26.0. The Morgan fingerprint density at radius 3 is 2.50 bits per heavy atom. The van der Waals surface area contributed by atoms with E-state index in [0.29, 0.717) is 5.82 Å². The van der Waals surface area contributed by atoms with Crippen molar-refractivity contribution < 1.29 is 8.42 Å². The number of aryl methyl sites for hydroxylation is 1. The van der Waals surface area contributed by atoms with Crippen molar-refractivity contribution >= 4 is 38.1 Å². The number of benzene rings is 2. The molecule has 2 aromatic heterocycles. The number of pyridine rings is 2. The Morgan fingerprint density at radius 1 is 0.975 bits per heavy atom. The van der Waals surface area contributed by atoms with Gasteiger partial charge in [0, 0.05) is 56.2 Å². The third kappa shape index (κ3) is 5.16. The summed E-state index contributed by atoms with van der Waals surface area (Å²) in [5.41, 5.74) is 14.3. The maximum atomic E-state index is 12.4. The zero-order valence-corrected chi connectivity index (χ0v) is 23.9. The van der Waals surface area contributed by atoms with Gasteiger partial charge in [-0.2, -0.15) is 0 Å². The van der Waals surface area contributed by atoms with E-state index in [9.17, 15) is 8.42 Å². The smallest absolute Gasteiger partial charge is 0.242 e. The molecule has 0 radical (unpaired) electrons. The van der Waals surface area contributed by atoms with Crippen LogP contribution in [-0.2, 0) is 22.9 Å². The molecule has 1 aliphatic carbocycles. The van der Waals surface area contributed by atoms with Crippen molar-refractivity contribution in [1.29, 1.82) is 0 Å². The van der Waals surface area contributed by atoms with Gasteiger partial charge in [0.2, 0.25) is 10.0 Å². The van der Waals surface area contributed by atoms with Crippen molar-refractivity contribution in [3.8, 4) is 11.1 Å². The lowest BCUT2D eigenvalue weighted by Crippen LogP contribution is -2.27. The molecule has 2 aliphatic rings. The molecule has 0 amide bonds. The molecule has 0 saturated carbocycles. The first-order chi connectivity index (χ1) is 19.3. The maximum Gasteiger partial charge on any atom is 0.242 e. The van der Waals surface area contributed by atoms with Gasteiger partial charge in [-0.15, -0.1) is 0 Å². The Balaban J connectivity index is 1.35. The average Bonchev–Trinajstić information content (AvgIpc) is 3.24. The summed E-state index contributed by atoms with van der Waals surface area (Å²) in [6.45, 7) is 1.86. The van der Waals surface area contributed by atoms with Crippen LogP contribution in [0.5, 0.6) is 0 Å². The molecular formula is C31H36N6O2S. The van der Waals surface area contributed by atoms with Crippen LogP contribution in [0.25, 0.3) is 22.0 Å². The second-order valence-corrected chi connectivity index (χ2v) is 13.2. The van der Waals surface area contributed by atoms with Crippen molar-refractivity contribution in [3.63, 3.8) is 0 Å². The quantitative estimate of drug-likeness (QED) is 0.319. The largest absolute Gasteiger partial charge is 0.369 e. The van der Waals surface area contributed by atoms with Crippen molar-refractivity contribution in [2.75, 3.05) is 37.4 Å². The molecule has 8 nitrogen and oxygen atoms in total. The highest BCUT2D eigenvalue weighted by Gasteiger charge is 2.26. The van der Waals surface area contributed by atoms with Crippen molar-refractivity contribution in [3.05, 3.63) is 72.1 Å². The molecule has 4 aromatic rings. The normalized spacial score (nSPS) is 17.7. The van der Waals surface area contributed by atoms with Gasteiger partial charge in [0.25, 0.3) is 0 Å². The molecule has 3 heterocycles. The SMILES string of the molecule is CN(C)S(=O)(=O)c1ccc(Nc2cc(-c3ccc4nc5c(c(N6CC[C@H](N)C6)c4c3)CCCCC5)ccn2)cc1. The van der Waals surface area contributed by atoms with Crippen LogP contribution in [0.3, 0.4) is 0 Å². The predicted octanol–water partition coefficient (Wildman–Crippen LogP) is 5.10. The van der Waals surface area contributed by atoms with Crippen LogP contribution in [0.15, 0.2) is 65.7 Å². The Kier molecular flexibility index (Phi) is 7.20. The maximum absolute atomic E-state index is 12.4. The van der Waals surface area contributed by atoms with E-state index in [4.69, 9.17) is 10.7 Å². The lowest BCUT2D eigenvalue weighted by molar-refractivity contribution is 0.521. The van der Waals surface area contributed by atoms with Gasteiger partial charge >= 0.3 is 0 Å². The fourth-order valence-electron chi connectivity index (χ4n) is 5.85. The Morgan fingerprint density at radius 2 is 1.75 bits per heavy atom. The minimum absolute atomic E-state index is 0.207. The van der Waals surface area contributed by atoms with E-state index in [1.807, 2.05) is 12.1 Å². The molecule has 3 N–H and O–H groups in total. The molecule has 1 atom stereocenters. The molecule has 0 spiro atoms.